The fourth-order valence-corrected chi connectivity index (χ4v) is 3.96. The lowest BCUT2D eigenvalue weighted by molar-refractivity contribution is 0.133. The molecule has 0 spiro atoms. The molecule has 0 aromatic heterocycles. The van der Waals surface area contributed by atoms with Crippen molar-refractivity contribution < 1.29 is 0 Å². The average molecular weight is 287 g/mol. The molecule has 0 amide bonds. The van der Waals surface area contributed by atoms with Gasteiger partial charge in [-0.1, -0.05) is 57.5 Å². The van der Waals surface area contributed by atoms with E-state index in [9.17, 15) is 0 Å². The maximum atomic E-state index is 3.75. The minimum Gasteiger partial charge on any atom is -0.310 e. The third-order valence-corrected chi connectivity index (χ3v) is 5.29. The molecule has 0 bridgehead atoms. The number of rotatable bonds is 4. The van der Waals surface area contributed by atoms with Crippen LogP contribution in [0.3, 0.4) is 0 Å². The third kappa shape index (κ3) is 4.32. The third-order valence-electron chi connectivity index (χ3n) is 5.29. The fraction of sp³-hybridized carbons (Fsp3) is 0.700. The second-order valence-corrected chi connectivity index (χ2v) is 7.93. The monoisotopic (exact) mass is 287 g/mol. The molecular formula is C20H33N. The van der Waals surface area contributed by atoms with E-state index in [1.165, 1.54) is 36.8 Å². The Kier molecular flexibility index (Phi) is 5.48. The van der Waals surface area contributed by atoms with E-state index in [1.807, 2.05) is 0 Å². The van der Waals surface area contributed by atoms with Gasteiger partial charge >= 0.3 is 0 Å². The maximum absolute atomic E-state index is 3.75. The molecule has 1 aliphatic carbocycles. The van der Waals surface area contributed by atoms with Gasteiger partial charge < -0.3 is 5.32 Å². The molecule has 1 fully saturated rings. The highest BCUT2D eigenvalue weighted by atomic mass is 14.9. The summed E-state index contributed by atoms with van der Waals surface area (Å²) in [7, 11) is 0. The normalized spacial score (nSPS) is 24.8. The molecule has 1 saturated carbocycles. The van der Waals surface area contributed by atoms with E-state index >= 15 is 0 Å². The van der Waals surface area contributed by atoms with E-state index in [0.717, 1.165) is 18.4 Å². The molecule has 0 heterocycles. The van der Waals surface area contributed by atoms with E-state index in [2.05, 4.69) is 64.2 Å². The van der Waals surface area contributed by atoms with E-state index in [4.69, 9.17) is 0 Å². The summed E-state index contributed by atoms with van der Waals surface area (Å²) in [5.74, 6) is 1.69. The van der Waals surface area contributed by atoms with Gasteiger partial charge in [0.25, 0.3) is 0 Å². The summed E-state index contributed by atoms with van der Waals surface area (Å²) in [4.78, 5) is 0. The molecule has 1 unspecified atom stereocenters. The van der Waals surface area contributed by atoms with Gasteiger partial charge in [-0.2, -0.15) is 0 Å². The van der Waals surface area contributed by atoms with Crippen molar-refractivity contribution in [2.24, 2.45) is 17.3 Å². The van der Waals surface area contributed by atoms with Gasteiger partial charge in [0.1, 0.15) is 0 Å². The van der Waals surface area contributed by atoms with Crippen LogP contribution in [0.4, 0.5) is 0 Å². The molecule has 1 heteroatoms. The van der Waals surface area contributed by atoms with Crippen molar-refractivity contribution in [2.75, 3.05) is 6.54 Å². The highest BCUT2D eigenvalue weighted by Crippen LogP contribution is 2.43. The first-order chi connectivity index (χ1) is 9.91. The number of benzene rings is 1. The predicted molar refractivity (Wildman–Crippen MR) is 92.5 cm³/mol. The molecule has 1 aromatic rings. The average Bonchev–Trinajstić information content (AvgIpc) is 2.44. The van der Waals surface area contributed by atoms with Crippen LogP contribution in [-0.4, -0.2) is 6.54 Å². The zero-order valence-electron chi connectivity index (χ0n) is 14.6. The standard InChI is InChI=1S/C20H33N/c1-6-21-19(17-9-7-8-15(2)14-17)16-10-12-18(13-11-16)20(3,4)5/h7-9,14,16,18-19,21H,6,10-13H2,1-5H3. The smallest absolute Gasteiger partial charge is 0.0348 e. The van der Waals surface area contributed by atoms with Gasteiger partial charge in [-0.15, -0.1) is 0 Å². The highest BCUT2D eigenvalue weighted by molar-refractivity contribution is 5.25. The SMILES string of the molecule is CCNC(c1cccc(C)c1)C1CCC(C(C)(C)C)CC1. The Balaban J connectivity index is 2.07. The summed E-state index contributed by atoms with van der Waals surface area (Å²) in [6.07, 6.45) is 5.52. The number of nitrogens with one attached hydrogen (secondary N) is 1. The molecule has 2 rings (SSSR count). The van der Waals surface area contributed by atoms with Gasteiger partial charge in [-0.3, -0.25) is 0 Å². The van der Waals surface area contributed by atoms with Gasteiger partial charge in [0, 0.05) is 6.04 Å². The second kappa shape index (κ2) is 6.96. The minimum atomic E-state index is 0.474. The summed E-state index contributed by atoms with van der Waals surface area (Å²) in [5, 5.41) is 3.75. The largest absolute Gasteiger partial charge is 0.310 e. The van der Waals surface area contributed by atoms with Crippen LogP contribution in [0.5, 0.6) is 0 Å². The Morgan fingerprint density at radius 3 is 2.33 bits per heavy atom. The summed E-state index contributed by atoms with van der Waals surface area (Å²) in [6.45, 7) is 12.7. The van der Waals surface area contributed by atoms with Crippen molar-refractivity contribution >= 4 is 0 Å². The Labute approximate surface area is 131 Å². The minimum absolute atomic E-state index is 0.474. The lowest BCUT2D eigenvalue weighted by Gasteiger charge is -2.40. The van der Waals surface area contributed by atoms with Crippen LogP contribution in [0.25, 0.3) is 0 Å². The van der Waals surface area contributed by atoms with Gasteiger partial charge in [-0.05, 0) is 62.0 Å². The summed E-state index contributed by atoms with van der Waals surface area (Å²) >= 11 is 0. The number of hydrogen-bond donors (Lipinski definition) is 1. The molecule has 1 N–H and O–H groups in total. The molecule has 1 atom stereocenters. The molecule has 21 heavy (non-hydrogen) atoms. The van der Waals surface area contributed by atoms with Crippen LogP contribution in [-0.2, 0) is 0 Å². The van der Waals surface area contributed by atoms with Crippen molar-refractivity contribution in [3.8, 4) is 0 Å². The molecule has 1 aromatic carbocycles. The van der Waals surface area contributed by atoms with Crippen molar-refractivity contribution in [3.63, 3.8) is 0 Å². The van der Waals surface area contributed by atoms with Crippen LogP contribution in [0.2, 0.25) is 0 Å². The van der Waals surface area contributed by atoms with Crippen LogP contribution in [0, 0.1) is 24.2 Å². The van der Waals surface area contributed by atoms with Crippen LogP contribution in [0.1, 0.15) is 70.5 Å². The molecule has 1 aliphatic rings. The first-order valence-corrected chi connectivity index (χ1v) is 8.71. The van der Waals surface area contributed by atoms with Crippen molar-refractivity contribution in [2.45, 2.75) is 66.3 Å². The van der Waals surface area contributed by atoms with Crippen molar-refractivity contribution in [1.29, 1.82) is 0 Å². The molecular weight excluding hydrogens is 254 g/mol. The maximum Gasteiger partial charge on any atom is 0.0348 e. The molecule has 1 nitrogen and oxygen atoms in total. The van der Waals surface area contributed by atoms with E-state index < -0.39 is 0 Å². The first kappa shape index (κ1) is 16.5. The van der Waals surface area contributed by atoms with Gasteiger partial charge in [0.05, 0.1) is 0 Å². The van der Waals surface area contributed by atoms with Crippen molar-refractivity contribution in [1.82, 2.24) is 5.32 Å². The van der Waals surface area contributed by atoms with Gasteiger partial charge in [0.2, 0.25) is 0 Å². The lowest BCUT2D eigenvalue weighted by atomic mass is 9.68. The van der Waals surface area contributed by atoms with Crippen LogP contribution >= 0.6 is 0 Å². The Morgan fingerprint density at radius 1 is 1.14 bits per heavy atom. The zero-order chi connectivity index (χ0) is 15.5. The van der Waals surface area contributed by atoms with E-state index in [0.29, 0.717) is 11.5 Å². The summed E-state index contributed by atoms with van der Waals surface area (Å²) < 4.78 is 0. The molecule has 0 saturated heterocycles. The summed E-state index contributed by atoms with van der Waals surface area (Å²) in [6, 6.07) is 9.61. The van der Waals surface area contributed by atoms with Crippen molar-refractivity contribution in [3.05, 3.63) is 35.4 Å². The van der Waals surface area contributed by atoms with E-state index in [-0.39, 0.29) is 0 Å². The Hall–Kier alpha value is -0.820. The zero-order valence-corrected chi connectivity index (χ0v) is 14.6. The fourth-order valence-electron chi connectivity index (χ4n) is 3.96. The number of hydrogen-bond acceptors (Lipinski definition) is 1. The Morgan fingerprint density at radius 2 is 1.81 bits per heavy atom. The first-order valence-electron chi connectivity index (χ1n) is 8.71. The lowest BCUT2D eigenvalue weighted by Crippen LogP contribution is -2.33. The second-order valence-electron chi connectivity index (χ2n) is 7.93. The topological polar surface area (TPSA) is 12.0 Å². The van der Waals surface area contributed by atoms with Gasteiger partial charge in [0.15, 0.2) is 0 Å². The molecule has 0 aliphatic heterocycles. The molecule has 0 radical (unpaired) electrons. The summed E-state index contributed by atoms with van der Waals surface area (Å²) in [5.41, 5.74) is 3.33. The van der Waals surface area contributed by atoms with Crippen LogP contribution in [0.15, 0.2) is 24.3 Å². The molecule has 118 valence electrons. The van der Waals surface area contributed by atoms with Gasteiger partial charge in [-0.25, -0.2) is 0 Å². The van der Waals surface area contributed by atoms with E-state index in [1.54, 1.807) is 0 Å². The van der Waals surface area contributed by atoms with Crippen LogP contribution < -0.4 is 5.32 Å². The Bertz CT molecular complexity index is 435. The predicted octanol–water partition coefficient (Wildman–Crippen LogP) is 5.50. The highest BCUT2D eigenvalue weighted by Gasteiger charge is 2.33. The number of aryl methyl sites for hydroxylation is 1. The quantitative estimate of drug-likeness (QED) is 0.771.